The van der Waals surface area contributed by atoms with E-state index in [1.807, 2.05) is 48.5 Å². The fourth-order valence-corrected chi connectivity index (χ4v) is 4.88. The molecule has 36 heavy (non-hydrogen) atoms. The van der Waals surface area contributed by atoms with Crippen LogP contribution in [0.5, 0.6) is 17.2 Å². The molecule has 0 fully saturated rings. The lowest BCUT2D eigenvalue weighted by Crippen LogP contribution is -2.17. The van der Waals surface area contributed by atoms with Crippen molar-refractivity contribution in [3.63, 3.8) is 0 Å². The van der Waals surface area contributed by atoms with Crippen LogP contribution in [-0.4, -0.2) is 43.0 Å². The molecule has 0 radical (unpaired) electrons. The van der Waals surface area contributed by atoms with E-state index < -0.39 is 0 Å². The van der Waals surface area contributed by atoms with Crippen LogP contribution in [0.25, 0.3) is 10.9 Å². The molecule has 1 aromatic heterocycles. The Kier molecular flexibility index (Phi) is 6.57. The number of amides is 1. The van der Waals surface area contributed by atoms with E-state index in [0.717, 1.165) is 39.7 Å². The zero-order chi connectivity index (χ0) is 25.2. The summed E-state index contributed by atoms with van der Waals surface area (Å²) in [7, 11) is 4.72. The largest absolute Gasteiger partial charge is 0.493 e. The van der Waals surface area contributed by atoms with Gasteiger partial charge in [-0.2, -0.15) is 5.10 Å². The molecule has 0 spiro atoms. The summed E-state index contributed by atoms with van der Waals surface area (Å²) in [6.07, 6.45) is 3.45. The zero-order valence-electron chi connectivity index (χ0n) is 20.3. The highest BCUT2D eigenvalue weighted by Crippen LogP contribution is 2.41. The summed E-state index contributed by atoms with van der Waals surface area (Å²) in [5, 5.41) is 7.95. The number of para-hydroxylation sites is 1. The number of carbonyl (C=O) groups is 1. The first-order chi connectivity index (χ1) is 17.6. The van der Waals surface area contributed by atoms with E-state index in [1.165, 1.54) is 5.01 Å². The quantitative estimate of drug-likeness (QED) is 0.290. The van der Waals surface area contributed by atoms with Crippen molar-refractivity contribution in [3.05, 3.63) is 88.6 Å². The molecule has 0 saturated carbocycles. The van der Waals surface area contributed by atoms with E-state index in [-0.39, 0.29) is 6.04 Å². The van der Waals surface area contributed by atoms with Crippen LogP contribution in [0.15, 0.2) is 72.0 Å². The Labute approximate surface area is 214 Å². The molecular weight excluding hydrogens is 478 g/mol. The SMILES string of the molecule is COc1cc(C2=NN(C=O)C(c3cn(Cc4ccc(Cl)cc4)c4ccccc34)C2)cc(OC)c1OC. The van der Waals surface area contributed by atoms with Crippen molar-refractivity contribution in [2.24, 2.45) is 5.10 Å². The molecule has 5 rings (SSSR count). The van der Waals surface area contributed by atoms with E-state index in [2.05, 4.69) is 28.0 Å². The maximum Gasteiger partial charge on any atom is 0.230 e. The van der Waals surface area contributed by atoms with Gasteiger partial charge in [-0.05, 0) is 35.9 Å². The van der Waals surface area contributed by atoms with Gasteiger partial charge in [0.1, 0.15) is 0 Å². The highest BCUT2D eigenvalue weighted by Gasteiger charge is 2.32. The standard InChI is InChI=1S/C28H26ClN3O4/c1-34-26-12-19(13-27(35-2)28(26)36-3)23-14-25(32(17-33)30-23)22-16-31(24-7-5-4-6-21(22)24)15-18-8-10-20(29)11-9-18/h4-13,16-17,25H,14-15H2,1-3H3. The third kappa shape index (κ3) is 4.27. The predicted molar refractivity (Wildman–Crippen MR) is 140 cm³/mol. The monoisotopic (exact) mass is 503 g/mol. The van der Waals surface area contributed by atoms with Gasteiger partial charge in [0, 0.05) is 46.2 Å². The number of aromatic nitrogens is 1. The number of hydrogen-bond donors (Lipinski definition) is 0. The fourth-order valence-electron chi connectivity index (χ4n) is 4.76. The van der Waals surface area contributed by atoms with Gasteiger partial charge in [-0.1, -0.05) is 41.9 Å². The molecule has 0 aliphatic carbocycles. The maximum atomic E-state index is 12.1. The highest BCUT2D eigenvalue weighted by atomic mass is 35.5. The maximum absolute atomic E-state index is 12.1. The summed E-state index contributed by atoms with van der Waals surface area (Å²) in [4.78, 5) is 12.1. The smallest absolute Gasteiger partial charge is 0.230 e. The number of ether oxygens (including phenoxy) is 3. The van der Waals surface area contributed by atoms with Crippen LogP contribution >= 0.6 is 11.6 Å². The lowest BCUT2D eigenvalue weighted by atomic mass is 9.97. The van der Waals surface area contributed by atoms with Crippen LogP contribution in [0.2, 0.25) is 5.02 Å². The number of halogens is 1. The number of nitrogens with zero attached hydrogens (tertiary/aromatic N) is 3. The van der Waals surface area contributed by atoms with Crippen molar-refractivity contribution < 1.29 is 19.0 Å². The predicted octanol–water partition coefficient (Wildman–Crippen LogP) is 5.68. The summed E-state index contributed by atoms with van der Waals surface area (Å²) < 4.78 is 18.7. The molecule has 2 heterocycles. The Morgan fingerprint density at radius 2 is 1.69 bits per heavy atom. The minimum absolute atomic E-state index is 0.243. The molecule has 3 aromatic carbocycles. The molecule has 8 heteroatoms. The van der Waals surface area contributed by atoms with Crippen molar-refractivity contribution in [1.29, 1.82) is 0 Å². The molecule has 0 bridgehead atoms. The van der Waals surface area contributed by atoms with Crippen molar-refractivity contribution in [2.75, 3.05) is 21.3 Å². The summed E-state index contributed by atoms with van der Waals surface area (Å²) in [6.45, 7) is 0.687. The first kappa shape index (κ1) is 23.8. The second-order valence-electron chi connectivity index (χ2n) is 8.52. The van der Waals surface area contributed by atoms with Crippen molar-refractivity contribution in [3.8, 4) is 17.2 Å². The Balaban J connectivity index is 1.52. The first-order valence-corrected chi connectivity index (χ1v) is 11.9. The summed E-state index contributed by atoms with van der Waals surface area (Å²) in [5.74, 6) is 1.59. The topological polar surface area (TPSA) is 65.3 Å². The molecule has 1 unspecified atom stereocenters. The van der Waals surface area contributed by atoms with E-state index in [0.29, 0.717) is 35.2 Å². The average Bonchev–Trinajstić information content (AvgIpc) is 3.50. The molecule has 1 amide bonds. The van der Waals surface area contributed by atoms with Gasteiger partial charge >= 0.3 is 0 Å². The molecule has 1 atom stereocenters. The van der Waals surface area contributed by atoms with E-state index >= 15 is 0 Å². The van der Waals surface area contributed by atoms with Gasteiger partial charge in [-0.15, -0.1) is 0 Å². The molecule has 0 N–H and O–H groups in total. The van der Waals surface area contributed by atoms with Gasteiger partial charge in [-0.3, -0.25) is 4.79 Å². The first-order valence-electron chi connectivity index (χ1n) is 11.5. The Morgan fingerprint density at radius 3 is 2.33 bits per heavy atom. The van der Waals surface area contributed by atoms with Gasteiger partial charge in [-0.25, -0.2) is 5.01 Å². The van der Waals surface area contributed by atoms with Crippen LogP contribution in [0.4, 0.5) is 0 Å². The molecule has 4 aromatic rings. The van der Waals surface area contributed by atoms with Crippen molar-refractivity contribution in [1.82, 2.24) is 9.58 Å². The number of carbonyl (C=O) groups excluding carboxylic acids is 1. The third-order valence-electron chi connectivity index (χ3n) is 6.49. The normalized spacial score (nSPS) is 15.2. The second-order valence-corrected chi connectivity index (χ2v) is 8.96. The van der Waals surface area contributed by atoms with Crippen LogP contribution in [0.3, 0.4) is 0 Å². The van der Waals surface area contributed by atoms with E-state index in [9.17, 15) is 4.79 Å². The molecular formula is C28H26ClN3O4. The number of rotatable bonds is 8. The number of methoxy groups -OCH3 is 3. The molecule has 1 aliphatic heterocycles. The Bertz CT molecular complexity index is 1420. The minimum Gasteiger partial charge on any atom is -0.493 e. The van der Waals surface area contributed by atoms with Crippen LogP contribution in [-0.2, 0) is 11.3 Å². The Morgan fingerprint density at radius 1 is 1.00 bits per heavy atom. The second kappa shape index (κ2) is 9.95. The van der Waals surface area contributed by atoms with Gasteiger partial charge in [0.15, 0.2) is 11.5 Å². The van der Waals surface area contributed by atoms with Crippen molar-refractivity contribution >= 4 is 34.6 Å². The third-order valence-corrected chi connectivity index (χ3v) is 6.74. The van der Waals surface area contributed by atoms with Crippen LogP contribution in [0.1, 0.15) is 29.2 Å². The van der Waals surface area contributed by atoms with Gasteiger partial charge in [0.2, 0.25) is 12.2 Å². The zero-order valence-corrected chi connectivity index (χ0v) is 21.0. The fraction of sp³-hybridized carbons (Fsp3) is 0.214. The van der Waals surface area contributed by atoms with Crippen LogP contribution < -0.4 is 14.2 Å². The van der Waals surface area contributed by atoms with E-state index in [4.69, 9.17) is 25.8 Å². The summed E-state index contributed by atoms with van der Waals surface area (Å²) in [5.41, 5.74) is 4.84. The number of benzene rings is 3. The van der Waals surface area contributed by atoms with Gasteiger partial charge in [0.25, 0.3) is 0 Å². The van der Waals surface area contributed by atoms with Gasteiger partial charge < -0.3 is 18.8 Å². The average molecular weight is 504 g/mol. The highest BCUT2D eigenvalue weighted by molar-refractivity contribution is 6.30. The van der Waals surface area contributed by atoms with Gasteiger partial charge in [0.05, 0.1) is 33.1 Å². The van der Waals surface area contributed by atoms with E-state index in [1.54, 1.807) is 21.3 Å². The number of hydrogen-bond acceptors (Lipinski definition) is 5. The number of hydrazone groups is 1. The lowest BCUT2D eigenvalue weighted by molar-refractivity contribution is -0.119. The van der Waals surface area contributed by atoms with Crippen LogP contribution in [0, 0.1) is 0 Å². The van der Waals surface area contributed by atoms with Crippen molar-refractivity contribution in [2.45, 2.75) is 19.0 Å². The minimum atomic E-state index is -0.243. The summed E-state index contributed by atoms with van der Waals surface area (Å²) >= 11 is 6.07. The summed E-state index contributed by atoms with van der Waals surface area (Å²) in [6, 6.07) is 19.5. The number of fused-ring (bicyclic) bond motifs is 1. The molecule has 0 saturated heterocycles. The molecule has 1 aliphatic rings. The molecule has 7 nitrogen and oxygen atoms in total. The molecule has 184 valence electrons. The Hall–Kier alpha value is -3.97. The lowest BCUT2D eigenvalue weighted by Gasteiger charge is -2.16.